The molecule has 1 heterocycles. The van der Waals surface area contributed by atoms with Gasteiger partial charge in [-0.25, -0.2) is 4.98 Å². The molecule has 0 bridgehead atoms. The lowest BCUT2D eigenvalue weighted by Gasteiger charge is -2.11. The van der Waals surface area contributed by atoms with Crippen molar-refractivity contribution in [2.75, 3.05) is 7.11 Å². The normalized spacial score (nSPS) is 10.7. The van der Waals surface area contributed by atoms with Crippen LogP contribution >= 0.6 is 15.9 Å². The Kier molecular flexibility index (Phi) is 5.01. The summed E-state index contributed by atoms with van der Waals surface area (Å²) in [5.74, 6) is 1.43. The van der Waals surface area contributed by atoms with Crippen molar-refractivity contribution in [1.29, 1.82) is 0 Å². The summed E-state index contributed by atoms with van der Waals surface area (Å²) in [5, 5.41) is 2.87. The summed E-state index contributed by atoms with van der Waals surface area (Å²) in [4.78, 5) is 16.4. The van der Waals surface area contributed by atoms with Gasteiger partial charge in [-0.1, -0.05) is 12.1 Å². The van der Waals surface area contributed by atoms with Gasteiger partial charge in [-0.15, -0.1) is 0 Å². The molecule has 112 valence electrons. The summed E-state index contributed by atoms with van der Waals surface area (Å²) in [6.45, 7) is 4.10. The Labute approximate surface area is 132 Å². The Hall–Kier alpha value is -1.82. The fraction of sp³-hybridized carbons (Fsp3) is 0.333. The van der Waals surface area contributed by atoms with Crippen LogP contribution in [0.25, 0.3) is 11.4 Å². The smallest absolute Gasteiger partial charge is 0.240 e. The summed E-state index contributed by atoms with van der Waals surface area (Å²) in [6.07, 6.45) is 1.80. The van der Waals surface area contributed by atoms with Crippen LogP contribution in [0.3, 0.4) is 0 Å². The third kappa shape index (κ3) is 4.07. The largest absolute Gasteiger partial charge is 0.497 e. The number of ether oxygens (including phenoxy) is 1. The van der Waals surface area contributed by atoms with E-state index in [0.29, 0.717) is 4.60 Å². The predicted molar refractivity (Wildman–Crippen MR) is 85.2 cm³/mol. The van der Waals surface area contributed by atoms with E-state index in [9.17, 15) is 4.79 Å². The molecule has 0 saturated carbocycles. The van der Waals surface area contributed by atoms with Crippen molar-refractivity contribution in [3.8, 4) is 17.1 Å². The van der Waals surface area contributed by atoms with Crippen molar-refractivity contribution in [2.45, 2.75) is 26.4 Å². The van der Waals surface area contributed by atoms with Gasteiger partial charge in [-0.3, -0.25) is 4.79 Å². The minimum Gasteiger partial charge on any atom is -0.497 e. The van der Waals surface area contributed by atoms with E-state index in [1.165, 1.54) is 0 Å². The molecule has 0 atom stereocenters. The quantitative estimate of drug-likeness (QED) is 0.900. The highest BCUT2D eigenvalue weighted by atomic mass is 79.9. The maximum Gasteiger partial charge on any atom is 0.240 e. The first-order valence-electron chi connectivity index (χ1n) is 6.66. The Morgan fingerprint density at radius 1 is 1.48 bits per heavy atom. The lowest BCUT2D eigenvalue weighted by Crippen LogP contribution is -2.33. The predicted octanol–water partition coefficient (Wildman–Crippen LogP) is 2.85. The van der Waals surface area contributed by atoms with Gasteiger partial charge in [0.1, 0.15) is 22.7 Å². The third-order valence-electron chi connectivity index (χ3n) is 2.84. The van der Waals surface area contributed by atoms with Gasteiger partial charge in [0.15, 0.2) is 0 Å². The zero-order valence-corrected chi connectivity index (χ0v) is 13.8. The van der Waals surface area contributed by atoms with Gasteiger partial charge in [0.25, 0.3) is 0 Å². The Morgan fingerprint density at radius 2 is 2.24 bits per heavy atom. The summed E-state index contributed by atoms with van der Waals surface area (Å²) >= 11 is 3.36. The van der Waals surface area contributed by atoms with Gasteiger partial charge < -0.3 is 14.6 Å². The van der Waals surface area contributed by atoms with Crippen LogP contribution in [0.15, 0.2) is 35.1 Å². The molecule has 0 unspecified atom stereocenters. The molecule has 1 amide bonds. The van der Waals surface area contributed by atoms with E-state index < -0.39 is 0 Å². The van der Waals surface area contributed by atoms with E-state index in [1.807, 2.05) is 42.7 Å². The monoisotopic (exact) mass is 351 g/mol. The van der Waals surface area contributed by atoms with E-state index in [2.05, 4.69) is 26.2 Å². The number of benzene rings is 1. The number of aromatic nitrogens is 2. The maximum atomic E-state index is 11.9. The third-order valence-corrected chi connectivity index (χ3v) is 3.22. The van der Waals surface area contributed by atoms with Crippen molar-refractivity contribution in [2.24, 2.45) is 0 Å². The summed E-state index contributed by atoms with van der Waals surface area (Å²) in [6, 6.07) is 7.72. The first-order valence-corrected chi connectivity index (χ1v) is 7.45. The molecular formula is C15H18BrN3O2. The van der Waals surface area contributed by atoms with Crippen LogP contribution in [-0.4, -0.2) is 28.6 Å². The SMILES string of the molecule is COc1cccc(-c2nc(Br)cn2CC(=O)NC(C)C)c1. The van der Waals surface area contributed by atoms with Crippen molar-refractivity contribution >= 4 is 21.8 Å². The highest BCUT2D eigenvalue weighted by molar-refractivity contribution is 9.10. The van der Waals surface area contributed by atoms with Crippen molar-refractivity contribution in [1.82, 2.24) is 14.9 Å². The first kappa shape index (κ1) is 15.6. The number of hydrogen-bond donors (Lipinski definition) is 1. The molecular weight excluding hydrogens is 334 g/mol. The Morgan fingerprint density at radius 3 is 2.90 bits per heavy atom. The second kappa shape index (κ2) is 6.76. The lowest BCUT2D eigenvalue weighted by atomic mass is 10.2. The number of nitrogens with zero attached hydrogens (tertiary/aromatic N) is 2. The molecule has 0 aliphatic carbocycles. The van der Waals surface area contributed by atoms with Gasteiger partial charge in [-0.05, 0) is 41.9 Å². The van der Waals surface area contributed by atoms with Gasteiger partial charge in [0, 0.05) is 17.8 Å². The standard InChI is InChI=1S/C15H18BrN3O2/c1-10(2)17-14(20)9-19-8-13(16)18-15(19)11-5-4-6-12(7-11)21-3/h4-8,10H,9H2,1-3H3,(H,17,20). The van der Waals surface area contributed by atoms with Crippen LogP contribution in [0.4, 0.5) is 0 Å². The van der Waals surface area contributed by atoms with Gasteiger partial charge in [0.2, 0.25) is 5.91 Å². The average molecular weight is 352 g/mol. The van der Waals surface area contributed by atoms with E-state index in [-0.39, 0.29) is 18.5 Å². The van der Waals surface area contributed by atoms with Crippen molar-refractivity contribution < 1.29 is 9.53 Å². The molecule has 1 N–H and O–H groups in total. The molecule has 5 nitrogen and oxygen atoms in total. The number of carbonyl (C=O) groups is 1. The van der Waals surface area contributed by atoms with E-state index in [4.69, 9.17) is 4.74 Å². The maximum absolute atomic E-state index is 11.9. The molecule has 0 aliphatic heterocycles. The second-order valence-corrected chi connectivity index (χ2v) is 5.78. The van der Waals surface area contributed by atoms with Gasteiger partial charge >= 0.3 is 0 Å². The highest BCUT2D eigenvalue weighted by Crippen LogP contribution is 2.25. The number of methoxy groups -OCH3 is 1. The number of carbonyl (C=O) groups excluding carboxylic acids is 1. The second-order valence-electron chi connectivity index (χ2n) is 4.97. The highest BCUT2D eigenvalue weighted by Gasteiger charge is 2.13. The molecule has 1 aromatic heterocycles. The molecule has 1 aromatic carbocycles. The van der Waals surface area contributed by atoms with E-state index in [1.54, 1.807) is 13.3 Å². The molecule has 0 fully saturated rings. The summed E-state index contributed by atoms with van der Waals surface area (Å²) < 4.78 is 7.74. The zero-order valence-electron chi connectivity index (χ0n) is 12.3. The Bertz CT molecular complexity index is 638. The number of halogens is 1. The fourth-order valence-corrected chi connectivity index (χ4v) is 2.43. The van der Waals surface area contributed by atoms with Crippen LogP contribution in [0, 0.1) is 0 Å². The fourth-order valence-electron chi connectivity index (χ4n) is 2.02. The van der Waals surface area contributed by atoms with Crippen LogP contribution in [0.5, 0.6) is 5.75 Å². The topological polar surface area (TPSA) is 56.2 Å². The van der Waals surface area contributed by atoms with E-state index in [0.717, 1.165) is 17.1 Å². The molecule has 6 heteroatoms. The summed E-state index contributed by atoms with van der Waals surface area (Å²) in [5.41, 5.74) is 0.900. The number of amides is 1. The van der Waals surface area contributed by atoms with Crippen LogP contribution < -0.4 is 10.1 Å². The molecule has 0 spiro atoms. The minimum atomic E-state index is -0.0425. The van der Waals surface area contributed by atoms with Crippen LogP contribution in [0.2, 0.25) is 0 Å². The number of nitrogens with one attached hydrogen (secondary N) is 1. The Balaban J connectivity index is 2.29. The molecule has 0 aliphatic rings. The molecule has 0 radical (unpaired) electrons. The molecule has 2 aromatic rings. The van der Waals surface area contributed by atoms with Gasteiger partial charge in [0.05, 0.1) is 7.11 Å². The van der Waals surface area contributed by atoms with Crippen LogP contribution in [0.1, 0.15) is 13.8 Å². The molecule has 21 heavy (non-hydrogen) atoms. The van der Waals surface area contributed by atoms with Crippen LogP contribution in [-0.2, 0) is 11.3 Å². The number of rotatable bonds is 5. The zero-order chi connectivity index (χ0) is 15.4. The average Bonchev–Trinajstić information content (AvgIpc) is 2.78. The minimum absolute atomic E-state index is 0.0425. The van der Waals surface area contributed by atoms with E-state index >= 15 is 0 Å². The summed E-state index contributed by atoms with van der Waals surface area (Å²) in [7, 11) is 1.62. The van der Waals surface area contributed by atoms with Crippen molar-refractivity contribution in [3.05, 3.63) is 35.1 Å². The lowest BCUT2D eigenvalue weighted by molar-refractivity contribution is -0.122. The molecule has 2 rings (SSSR count). The van der Waals surface area contributed by atoms with Gasteiger partial charge in [-0.2, -0.15) is 0 Å². The first-order chi connectivity index (χ1) is 9.99. The van der Waals surface area contributed by atoms with Crippen molar-refractivity contribution in [3.63, 3.8) is 0 Å². The number of imidazole rings is 1. The number of hydrogen-bond acceptors (Lipinski definition) is 3. The molecule has 0 saturated heterocycles.